The van der Waals surface area contributed by atoms with Gasteiger partial charge in [0.2, 0.25) is 0 Å². The number of aryl methyl sites for hydroxylation is 1. The first kappa shape index (κ1) is 34.1. The monoisotopic (exact) mass is 710 g/mol. The van der Waals surface area contributed by atoms with Crippen molar-refractivity contribution < 1.29 is 0 Å². The maximum atomic E-state index is 7.65. The lowest BCUT2D eigenvalue weighted by atomic mass is 9.83. The zero-order chi connectivity index (χ0) is 37.4. The van der Waals surface area contributed by atoms with E-state index in [0.717, 1.165) is 66.6 Å². The van der Waals surface area contributed by atoms with E-state index in [4.69, 9.17) is 11.5 Å². The number of para-hydroxylation sites is 2. The van der Waals surface area contributed by atoms with Crippen LogP contribution in [0.1, 0.15) is 11.1 Å². The molecule has 7 aromatic rings. The summed E-state index contributed by atoms with van der Waals surface area (Å²) in [5.41, 5.74) is 22.7. The molecule has 0 spiro atoms. The van der Waals surface area contributed by atoms with Gasteiger partial charge in [0, 0.05) is 22.1 Å². The number of anilines is 4. The molecule has 0 bridgehead atoms. The van der Waals surface area contributed by atoms with Crippen LogP contribution in [0.5, 0.6) is 0 Å². The van der Waals surface area contributed by atoms with Crippen LogP contribution >= 0.6 is 0 Å². The summed E-state index contributed by atoms with van der Waals surface area (Å²) >= 11 is 0. The highest BCUT2D eigenvalue weighted by Crippen LogP contribution is 2.44. The van der Waals surface area contributed by atoms with Gasteiger partial charge in [0.05, 0.1) is 11.4 Å². The Morgan fingerprint density at radius 1 is 0.455 bits per heavy atom. The average Bonchev–Trinajstić information content (AvgIpc) is 3.22. The summed E-state index contributed by atoms with van der Waals surface area (Å²) in [6.07, 6.45) is 15.1. The first-order chi connectivity index (χ1) is 26.9. The van der Waals surface area contributed by atoms with E-state index < -0.39 is 11.3 Å². The first-order valence-electron chi connectivity index (χ1n) is 18.8. The Labute approximate surface area is 323 Å². The van der Waals surface area contributed by atoms with E-state index in [9.17, 15) is 0 Å². The molecule has 1 atom stereocenters. The Morgan fingerprint density at radius 2 is 0.927 bits per heavy atom. The van der Waals surface area contributed by atoms with Gasteiger partial charge in [0.15, 0.2) is 0 Å². The van der Waals surface area contributed by atoms with Crippen molar-refractivity contribution in [2.75, 3.05) is 9.80 Å². The van der Waals surface area contributed by atoms with Gasteiger partial charge in [-0.05, 0) is 101 Å². The highest BCUT2D eigenvalue weighted by atomic mass is 15.3. The maximum Gasteiger partial charge on any atom is 0.132 e. The predicted molar refractivity (Wildman–Crippen MR) is 232 cm³/mol. The summed E-state index contributed by atoms with van der Waals surface area (Å²) in [6, 6.07) is 59.2. The molecule has 266 valence electrons. The minimum Gasteiger partial charge on any atom is -0.315 e. The molecule has 0 saturated heterocycles. The minimum absolute atomic E-state index is 0.947. The molecule has 0 amide bonds. The standard InChI is InChI=1S/C51H42N4/c1-37-15-12-20-41(35-37)47-36-51(53,55(43-23-6-3-7-24-43)49-28-14-19-39-17-9-11-26-46(39)49)34-31-44(47)40-29-32-50(52,33-30-40)54(42-21-4-2-5-22-42)48-27-13-18-38-16-8-10-25-45(38)48/h2-36H,52-53H2,1H3. The molecule has 0 aliphatic heterocycles. The fourth-order valence-electron chi connectivity index (χ4n) is 8.10. The predicted octanol–water partition coefficient (Wildman–Crippen LogP) is 11.7. The number of nitrogens with zero attached hydrogens (tertiary/aromatic N) is 2. The lowest BCUT2D eigenvalue weighted by Gasteiger charge is -2.42. The second-order valence-corrected chi connectivity index (χ2v) is 14.4. The van der Waals surface area contributed by atoms with Crippen molar-refractivity contribution in [3.63, 3.8) is 0 Å². The number of fused-ring (bicyclic) bond motifs is 2. The molecule has 0 aromatic heterocycles. The van der Waals surface area contributed by atoms with Crippen LogP contribution in [0.15, 0.2) is 224 Å². The second-order valence-electron chi connectivity index (χ2n) is 14.4. The van der Waals surface area contributed by atoms with Gasteiger partial charge < -0.3 is 21.3 Å². The summed E-state index contributed by atoms with van der Waals surface area (Å²) in [6.45, 7) is 2.13. The van der Waals surface area contributed by atoms with E-state index in [1.165, 1.54) is 5.56 Å². The lowest BCUT2D eigenvalue weighted by Crippen LogP contribution is -2.52. The van der Waals surface area contributed by atoms with Crippen LogP contribution < -0.4 is 21.3 Å². The Bertz CT molecular complexity index is 2680. The third-order valence-electron chi connectivity index (χ3n) is 10.7. The minimum atomic E-state index is -1.01. The Morgan fingerprint density at radius 3 is 1.49 bits per heavy atom. The summed E-state index contributed by atoms with van der Waals surface area (Å²) in [4.78, 5) is 4.48. The average molecular weight is 711 g/mol. The van der Waals surface area contributed by atoms with Crippen molar-refractivity contribution in [2.24, 2.45) is 11.5 Å². The second kappa shape index (κ2) is 13.9. The quantitative estimate of drug-likeness (QED) is 0.162. The molecule has 2 aliphatic carbocycles. The van der Waals surface area contributed by atoms with Gasteiger partial charge in [0.1, 0.15) is 11.3 Å². The SMILES string of the molecule is Cc1cccc(C2=CC(N)(N(c3ccccc3)c3cccc4ccccc34)C=CC2=C2C=CC(N)(N(c3ccccc3)c3cccc4ccccc34)C=C2)c1. The zero-order valence-electron chi connectivity index (χ0n) is 30.8. The van der Waals surface area contributed by atoms with Gasteiger partial charge in [-0.15, -0.1) is 0 Å². The highest BCUT2D eigenvalue weighted by Gasteiger charge is 2.36. The van der Waals surface area contributed by atoms with Crippen molar-refractivity contribution in [3.05, 3.63) is 235 Å². The van der Waals surface area contributed by atoms with Crippen molar-refractivity contribution in [1.82, 2.24) is 0 Å². The third kappa shape index (κ3) is 6.28. The van der Waals surface area contributed by atoms with Gasteiger partial charge in [-0.3, -0.25) is 0 Å². The maximum absolute atomic E-state index is 7.65. The van der Waals surface area contributed by atoms with Gasteiger partial charge in [-0.1, -0.05) is 157 Å². The molecule has 0 saturated carbocycles. The van der Waals surface area contributed by atoms with E-state index in [-0.39, 0.29) is 0 Å². The van der Waals surface area contributed by atoms with E-state index in [1.807, 2.05) is 12.1 Å². The first-order valence-corrected chi connectivity index (χ1v) is 18.8. The van der Waals surface area contributed by atoms with E-state index in [0.29, 0.717) is 0 Å². The molecule has 4 heteroatoms. The number of hydrogen-bond acceptors (Lipinski definition) is 4. The molecule has 0 fully saturated rings. The molecule has 2 aliphatic rings. The Balaban J connectivity index is 1.19. The molecule has 0 radical (unpaired) electrons. The number of benzene rings is 7. The van der Waals surface area contributed by atoms with E-state index in [1.54, 1.807) is 0 Å². The van der Waals surface area contributed by atoms with Gasteiger partial charge in [-0.2, -0.15) is 0 Å². The molecule has 4 N–H and O–H groups in total. The normalized spacial score (nSPS) is 19.1. The molecule has 1 unspecified atom stereocenters. The van der Waals surface area contributed by atoms with E-state index >= 15 is 0 Å². The lowest BCUT2D eigenvalue weighted by molar-refractivity contribution is 0.659. The summed E-state index contributed by atoms with van der Waals surface area (Å²) in [7, 11) is 0. The van der Waals surface area contributed by atoms with Crippen LogP contribution in [0.25, 0.3) is 27.1 Å². The van der Waals surface area contributed by atoms with Crippen LogP contribution in [-0.2, 0) is 0 Å². The summed E-state index contributed by atoms with van der Waals surface area (Å²) in [5, 5.41) is 4.59. The Kier molecular flexibility index (Phi) is 8.63. The summed E-state index contributed by atoms with van der Waals surface area (Å²) in [5.74, 6) is 0. The number of allylic oxidation sites excluding steroid dienone is 6. The smallest absolute Gasteiger partial charge is 0.132 e. The third-order valence-corrected chi connectivity index (χ3v) is 10.7. The topological polar surface area (TPSA) is 58.5 Å². The van der Waals surface area contributed by atoms with E-state index in [2.05, 4.69) is 217 Å². The Hall–Kier alpha value is -6.72. The van der Waals surface area contributed by atoms with Gasteiger partial charge >= 0.3 is 0 Å². The molecular formula is C51H42N4. The molecular weight excluding hydrogens is 669 g/mol. The van der Waals surface area contributed by atoms with Crippen LogP contribution in [-0.4, -0.2) is 11.3 Å². The van der Waals surface area contributed by atoms with Crippen LogP contribution in [0.3, 0.4) is 0 Å². The van der Waals surface area contributed by atoms with Crippen molar-refractivity contribution >= 4 is 49.9 Å². The van der Waals surface area contributed by atoms with Crippen molar-refractivity contribution in [1.29, 1.82) is 0 Å². The molecule has 0 heterocycles. The highest BCUT2D eigenvalue weighted by molar-refractivity contribution is 5.99. The number of rotatable bonds is 7. The van der Waals surface area contributed by atoms with Gasteiger partial charge in [0.25, 0.3) is 0 Å². The molecule has 9 rings (SSSR count). The van der Waals surface area contributed by atoms with Gasteiger partial charge in [-0.25, -0.2) is 0 Å². The molecule has 4 nitrogen and oxygen atoms in total. The molecule has 7 aromatic carbocycles. The number of nitrogens with two attached hydrogens (primary N) is 2. The fraction of sp³-hybridized carbons (Fsp3) is 0.0588. The van der Waals surface area contributed by atoms with Crippen molar-refractivity contribution in [2.45, 2.75) is 18.2 Å². The van der Waals surface area contributed by atoms with Crippen LogP contribution in [0.2, 0.25) is 0 Å². The van der Waals surface area contributed by atoms with Crippen molar-refractivity contribution in [3.8, 4) is 0 Å². The summed E-state index contributed by atoms with van der Waals surface area (Å²) < 4.78 is 0. The zero-order valence-corrected chi connectivity index (χ0v) is 30.8. The van der Waals surface area contributed by atoms with Crippen LogP contribution in [0, 0.1) is 6.92 Å². The fourth-order valence-corrected chi connectivity index (χ4v) is 8.10. The largest absolute Gasteiger partial charge is 0.315 e. The van der Waals surface area contributed by atoms with Crippen LogP contribution in [0.4, 0.5) is 22.7 Å². The molecule has 55 heavy (non-hydrogen) atoms. The number of hydrogen-bond donors (Lipinski definition) is 2.